The minimum Gasteiger partial charge on any atom is -0.478 e. The number of hydrogen-bond acceptors (Lipinski definition) is 7. The van der Waals surface area contributed by atoms with Crippen LogP contribution in [-0.2, 0) is 0 Å². The predicted octanol–water partition coefficient (Wildman–Crippen LogP) is 3.75. The summed E-state index contributed by atoms with van der Waals surface area (Å²) in [5.74, 6) is -3.62. The number of piperidine rings is 1. The molecule has 5 rings (SSSR count). The molecule has 1 aromatic carbocycles. The molecule has 4 aromatic rings. The first-order valence-electron chi connectivity index (χ1n) is 10.1. The Morgan fingerprint density at radius 2 is 1.79 bits per heavy atom. The molecule has 33 heavy (non-hydrogen) atoms. The predicted molar refractivity (Wildman–Crippen MR) is 115 cm³/mol. The van der Waals surface area contributed by atoms with Crippen LogP contribution in [0.15, 0.2) is 36.8 Å². The van der Waals surface area contributed by atoms with Gasteiger partial charge in [-0.3, -0.25) is 4.98 Å². The lowest BCUT2D eigenvalue weighted by Gasteiger charge is -2.31. The van der Waals surface area contributed by atoms with E-state index in [4.69, 9.17) is 16.7 Å². The smallest absolute Gasteiger partial charge is 0.338 e. The Bertz CT molecular complexity index is 1350. The van der Waals surface area contributed by atoms with Gasteiger partial charge in [0.05, 0.1) is 40.9 Å². The molecule has 0 unspecified atom stereocenters. The van der Waals surface area contributed by atoms with Gasteiger partial charge in [-0.15, -0.1) is 5.10 Å². The zero-order valence-corrected chi connectivity index (χ0v) is 17.7. The molecule has 12 heteroatoms. The highest BCUT2D eigenvalue weighted by Crippen LogP contribution is 2.30. The Kier molecular flexibility index (Phi) is 5.33. The Labute approximate surface area is 190 Å². The van der Waals surface area contributed by atoms with Gasteiger partial charge in [0.25, 0.3) is 0 Å². The highest BCUT2D eigenvalue weighted by atomic mass is 35.5. The van der Waals surface area contributed by atoms with Crippen molar-refractivity contribution in [1.29, 1.82) is 0 Å². The Balaban J connectivity index is 1.38. The molecule has 1 fully saturated rings. The Morgan fingerprint density at radius 1 is 1.06 bits per heavy atom. The van der Waals surface area contributed by atoms with Crippen LogP contribution in [0.4, 0.5) is 14.7 Å². The standard InChI is InChI=1S/C21H16ClF2N7O2/c22-11-8-26-21(27-9-11)30-5-3-12(4-6-30)31-17-10-25-15(7-16(17)28-29-31)13-1-2-14(20(32)33)19(24)18(13)23/h1-2,7-10,12H,3-6H2,(H,32,33). The molecule has 9 nitrogen and oxygen atoms in total. The maximum atomic E-state index is 14.5. The second-order valence-corrected chi connectivity index (χ2v) is 8.04. The number of fused-ring (bicyclic) bond motifs is 1. The molecule has 168 valence electrons. The lowest BCUT2D eigenvalue weighted by Crippen LogP contribution is -2.36. The lowest BCUT2D eigenvalue weighted by atomic mass is 10.0. The summed E-state index contributed by atoms with van der Waals surface area (Å²) in [6, 6.07) is 3.79. The molecule has 0 atom stereocenters. The second-order valence-electron chi connectivity index (χ2n) is 7.61. The SMILES string of the molecule is O=C(O)c1ccc(-c2cc3nnn(C4CCN(c5ncc(Cl)cn5)CC4)c3cn2)c(F)c1F. The van der Waals surface area contributed by atoms with Gasteiger partial charge in [-0.05, 0) is 31.0 Å². The molecule has 1 aliphatic rings. The third kappa shape index (κ3) is 3.84. The number of aromatic nitrogens is 6. The summed E-state index contributed by atoms with van der Waals surface area (Å²) in [7, 11) is 0. The van der Waals surface area contributed by atoms with Crippen LogP contribution in [0.5, 0.6) is 0 Å². The number of hydrogen-bond donors (Lipinski definition) is 1. The molecule has 1 aliphatic heterocycles. The van der Waals surface area contributed by atoms with Gasteiger partial charge >= 0.3 is 5.97 Å². The van der Waals surface area contributed by atoms with Crippen LogP contribution in [0.25, 0.3) is 22.3 Å². The molecular weight excluding hydrogens is 456 g/mol. The van der Waals surface area contributed by atoms with Crippen molar-refractivity contribution in [3.8, 4) is 11.3 Å². The van der Waals surface area contributed by atoms with Crippen molar-refractivity contribution >= 4 is 34.6 Å². The van der Waals surface area contributed by atoms with Crippen LogP contribution >= 0.6 is 11.6 Å². The summed E-state index contributed by atoms with van der Waals surface area (Å²) in [5.41, 5.74) is 0.398. The molecule has 1 saturated heterocycles. The van der Waals surface area contributed by atoms with Gasteiger partial charge in [0.15, 0.2) is 11.6 Å². The monoisotopic (exact) mass is 471 g/mol. The molecule has 4 heterocycles. The maximum Gasteiger partial charge on any atom is 0.338 e. The minimum atomic E-state index is -1.54. The number of nitrogens with zero attached hydrogens (tertiary/aromatic N) is 7. The fraction of sp³-hybridized carbons (Fsp3) is 0.238. The first kappa shape index (κ1) is 21.1. The van der Waals surface area contributed by atoms with Gasteiger partial charge in [-0.1, -0.05) is 16.8 Å². The van der Waals surface area contributed by atoms with Crippen molar-refractivity contribution in [2.75, 3.05) is 18.0 Å². The molecule has 0 spiro atoms. The van der Waals surface area contributed by atoms with E-state index in [1.54, 1.807) is 17.1 Å². The maximum absolute atomic E-state index is 14.5. The zero-order chi connectivity index (χ0) is 23.1. The van der Waals surface area contributed by atoms with Gasteiger partial charge in [0.1, 0.15) is 11.0 Å². The Morgan fingerprint density at radius 3 is 2.48 bits per heavy atom. The summed E-state index contributed by atoms with van der Waals surface area (Å²) in [6.45, 7) is 1.44. The summed E-state index contributed by atoms with van der Waals surface area (Å²) >= 11 is 5.85. The van der Waals surface area contributed by atoms with E-state index in [2.05, 4.69) is 30.2 Å². The van der Waals surface area contributed by atoms with Crippen LogP contribution in [0.3, 0.4) is 0 Å². The molecule has 0 aliphatic carbocycles. The van der Waals surface area contributed by atoms with Crippen LogP contribution in [0, 0.1) is 11.6 Å². The first-order valence-corrected chi connectivity index (χ1v) is 10.5. The van der Waals surface area contributed by atoms with Crippen LogP contribution in [-0.4, -0.2) is 54.1 Å². The highest BCUT2D eigenvalue weighted by Gasteiger charge is 2.25. The van der Waals surface area contributed by atoms with Gasteiger partial charge in [0.2, 0.25) is 5.95 Å². The number of carboxylic acids is 1. The third-order valence-electron chi connectivity index (χ3n) is 5.65. The number of rotatable bonds is 4. The molecule has 0 saturated carbocycles. The van der Waals surface area contributed by atoms with E-state index < -0.39 is 23.2 Å². The van der Waals surface area contributed by atoms with E-state index in [1.165, 1.54) is 18.3 Å². The quantitative estimate of drug-likeness (QED) is 0.479. The van der Waals surface area contributed by atoms with E-state index in [0.29, 0.717) is 22.0 Å². The van der Waals surface area contributed by atoms with Crippen LogP contribution < -0.4 is 4.90 Å². The summed E-state index contributed by atoms with van der Waals surface area (Å²) in [5, 5.41) is 17.9. The van der Waals surface area contributed by atoms with E-state index in [9.17, 15) is 13.6 Å². The second kappa shape index (κ2) is 8.32. The fourth-order valence-corrected chi connectivity index (χ4v) is 4.04. The van der Waals surface area contributed by atoms with Crippen molar-refractivity contribution in [2.24, 2.45) is 0 Å². The topological polar surface area (TPSA) is 110 Å². The van der Waals surface area contributed by atoms with Crippen molar-refractivity contribution in [2.45, 2.75) is 18.9 Å². The number of pyridine rings is 1. The van der Waals surface area contributed by atoms with Crippen molar-refractivity contribution in [3.05, 3.63) is 59.0 Å². The third-order valence-corrected chi connectivity index (χ3v) is 5.84. The van der Waals surface area contributed by atoms with E-state index in [1.807, 2.05) is 0 Å². The fourth-order valence-electron chi connectivity index (χ4n) is 3.95. The van der Waals surface area contributed by atoms with E-state index in [-0.39, 0.29) is 17.3 Å². The normalized spacial score (nSPS) is 14.7. The number of halogens is 3. The van der Waals surface area contributed by atoms with Crippen molar-refractivity contribution < 1.29 is 18.7 Å². The molecule has 3 aromatic heterocycles. The Hall–Kier alpha value is -3.73. The summed E-state index contributed by atoms with van der Waals surface area (Å²) < 4.78 is 30.3. The van der Waals surface area contributed by atoms with Gasteiger partial charge < -0.3 is 10.0 Å². The number of aromatic carboxylic acids is 1. The van der Waals surface area contributed by atoms with E-state index >= 15 is 0 Å². The molecule has 1 N–H and O–H groups in total. The number of anilines is 1. The van der Waals surface area contributed by atoms with Crippen molar-refractivity contribution in [1.82, 2.24) is 29.9 Å². The number of carbonyl (C=O) groups is 1. The molecular formula is C21H16ClF2N7O2. The summed E-state index contributed by atoms with van der Waals surface area (Å²) in [6.07, 6.45) is 6.20. The molecule has 0 radical (unpaired) electrons. The average molecular weight is 472 g/mol. The van der Waals surface area contributed by atoms with Crippen molar-refractivity contribution in [3.63, 3.8) is 0 Å². The van der Waals surface area contributed by atoms with Crippen LogP contribution in [0.2, 0.25) is 5.02 Å². The zero-order valence-electron chi connectivity index (χ0n) is 17.0. The van der Waals surface area contributed by atoms with Gasteiger partial charge in [-0.2, -0.15) is 0 Å². The lowest BCUT2D eigenvalue weighted by molar-refractivity contribution is 0.0690. The summed E-state index contributed by atoms with van der Waals surface area (Å²) in [4.78, 5) is 25.8. The number of carboxylic acid groups (broad SMARTS) is 1. The largest absolute Gasteiger partial charge is 0.478 e. The van der Waals surface area contributed by atoms with Gasteiger partial charge in [-0.25, -0.2) is 28.2 Å². The molecule has 0 amide bonds. The van der Waals surface area contributed by atoms with E-state index in [0.717, 1.165) is 32.0 Å². The average Bonchev–Trinajstić information content (AvgIpc) is 3.24. The minimum absolute atomic E-state index is 0.0789. The number of benzene rings is 1. The molecule has 0 bridgehead atoms. The van der Waals surface area contributed by atoms with Gasteiger partial charge in [0, 0.05) is 18.7 Å². The highest BCUT2D eigenvalue weighted by molar-refractivity contribution is 6.30. The van der Waals surface area contributed by atoms with Crippen LogP contribution in [0.1, 0.15) is 29.2 Å². The first-order chi connectivity index (χ1) is 15.9.